The predicted molar refractivity (Wildman–Crippen MR) is 94.8 cm³/mol. The van der Waals surface area contributed by atoms with E-state index in [2.05, 4.69) is 10.5 Å². The number of benzene rings is 1. The fourth-order valence-corrected chi connectivity index (χ4v) is 2.34. The van der Waals surface area contributed by atoms with Crippen LogP contribution in [-0.4, -0.2) is 36.8 Å². The Morgan fingerprint density at radius 3 is 3.09 bits per heavy atom. The molecule has 1 atom stereocenters. The molecule has 3 N–H and O–H groups in total. The summed E-state index contributed by atoms with van der Waals surface area (Å²) in [7, 11) is 0. The smallest absolute Gasteiger partial charge is 0.256 e. The van der Waals surface area contributed by atoms with E-state index in [-0.39, 0.29) is 18.3 Å². The molecule has 0 unspecified atom stereocenters. The summed E-state index contributed by atoms with van der Waals surface area (Å²) >= 11 is 1.66. The van der Waals surface area contributed by atoms with Gasteiger partial charge < -0.3 is 10.5 Å². The van der Waals surface area contributed by atoms with Gasteiger partial charge >= 0.3 is 0 Å². The van der Waals surface area contributed by atoms with Crippen LogP contribution in [0.2, 0.25) is 0 Å². The first kappa shape index (κ1) is 18.5. The van der Waals surface area contributed by atoms with Crippen LogP contribution in [0.25, 0.3) is 6.08 Å². The van der Waals surface area contributed by atoms with Crippen molar-refractivity contribution in [3.63, 3.8) is 0 Å². The molecule has 1 heterocycles. The fourth-order valence-electron chi connectivity index (χ4n) is 1.85. The normalized spacial score (nSPS) is 14.4. The van der Waals surface area contributed by atoms with Crippen LogP contribution in [0.5, 0.6) is 5.75 Å². The van der Waals surface area contributed by atoms with E-state index in [0.29, 0.717) is 13.0 Å². The van der Waals surface area contributed by atoms with Gasteiger partial charge in [0.25, 0.3) is 5.91 Å². The number of ether oxygens (including phenoxy) is 1. The van der Waals surface area contributed by atoms with Gasteiger partial charge in [0, 0.05) is 11.1 Å². The maximum Gasteiger partial charge on any atom is 0.256 e. The van der Waals surface area contributed by atoms with Gasteiger partial charge in [-0.05, 0) is 30.6 Å². The number of amides is 1. The van der Waals surface area contributed by atoms with E-state index >= 15 is 0 Å². The summed E-state index contributed by atoms with van der Waals surface area (Å²) in [5.74, 6) is 1.45. The highest BCUT2D eigenvalue weighted by molar-refractivity contribution is 7.98. The number of nitrogens with one attached hydrogen (secondary N) is 1. The molecular formula is C15H20ClN3O2S. The molecule has 0 aromatic heterocycles. The molecule has 1 aliphatic rings. The molecule has 1 aromatic rings. The molecule has 1 aromatic carbocycles. The molecule has 0 saturated carbocycles. The minimum atomic E-state index is -0.521. The lowest BCUT2D eigenvalue weighted by molar-refractivity contribution is -0.122. The highest BCUT2D eigenvalue weighted by Crippen LogP contribution is 2.24. The Kier molecular flexibility index (Phi) is 8.01. The zero-order chi connectivity index (χ0) is 15.1. The third-order valence-corrected chi connectivity index (χ3v) is 3.67. The van der Waals surface area contributed by atoms with E-state index in [1.165, 1.54) is 0 Å². The molecule has 2 rings (SSSR count). The molecule has 0 bridgehead atoms. The standard InChI is InChI=1S/C15H19N3O2S.ClH/c1-21-7-6-13(16)15(19)18-17-9-11-8-12-4-2-3-5-14(12)20-10-11;/h2-5,8-9,13H,6-7,10,16H2,1H3,(H,18,19);1H/b17-9+;/t13-;/m1./s1. The van der Waals surface area contributed by atoms with Gasteiger partial charge in [0.05, 0.1) is 12.3 Å². The first-order chi connectivity index (χ1) is 10.2. The van der Waals surface area contributed by atoms with Crippen LogP contribution >= 0.6 is 24.2 Å². The summed E-state index contributed by atoms with van der Waals surface area (Å²) in [6, 6.07) is 7.26. The van der Waals surface area contributed by atoms with Gasteiger partial charge in [-0.2, -0.15) is 16.9 Å². The van der Waals surface area contributed by atoms with E-state index in [4.69, 9.17) is 10.5 Å². The van der Waals surface area contributed by atoms with E-state index in [9.17, 15) is 4.79 Å². The maximum absolute atomic E-state index is 11.7. The van der Waals surface area contributed by atoms with Crippen molar-refractivity contribution in [2.45, 2.75) is 12.5 Å². The van der Waals surface area contributed by atoms with Crippen molar-refractivity contribution in [2.24, 2.45) is 10.8 Å². The Labute approximate surface area is 140 Å². The molecule has 7 heteroatoms. The number of nitrogens with zero attached hydrogens (tertiary/aromatic N) is 1. The number of nitrogens with two attached hydrogens (primary N) is 1. The molecule has 0 fully saturated rings. The monoisotopic (exact) mass is 341 g/mol. The van der Waals surface area contributed by atoms with Crippen LogP contribution in [0.4, 0.5) is 0 Å². The number of carbonyl (C=O) groups excluding carboxylic acids is 1. The van der Waals surface area contributed by atoms with E-state index in [0.717, 1.165) is 22.6 Å². The van der Waals surface area contributed by atoms with Crippen LogP contribution in [0.3, 0.4) is 0 Å². The number of halogens is 1. The van der Waals surface area contributed by atoms with Crippen molar-refractivity contribution in [3.05, 3.63) is 35.4 Å². The van der Waals surface area contributed by atoms with Crippen LogP contribution in [0, 0.1) is 0 Å². The number of thioether (sulfide) groups is 1. The topological polar surface area (TPSA) is 76.7 Å². The van der Waals surface area contributed by atoms with Gasteiger partial charge in [-0.25, -0.2) is 5.43 Å². The van der Waals surface area contributed by atoms with E-state index in [1.807, 2.05) is 36.6 Å². The predicted octanol–water partition coefficient (Wildman–Crippen LogP) is 2.07. The minimum absolute atomic E-state index is 0. The Hall–Kier alpha value is -1.50. The Balaban J connectivity index is 0.00000242. The number of hydrogen-bond donors (Lipinski definition) is 2. The second-order valence-corrected chi connectivity index (χ2v) is 5.65. The van der Waals surface area contributed by atoms with Gasteiger partial charge in [0.1, 0.15) is 12.4 Å². The zero-order valence-electron chi connectivity index (χ0n) is 12.3. The summed E-state index contributed by atoms with van der Waals surface area (Å²) in [5, 5.41) is 3.94. The lowest BCUT2D eigenvalue weighted by Crippen LogP contribution is -2.38. The molecule has 0 saturated heterocycles. The number of hydrogen-bond acceptors (Lipinski definition) is 5. The number of rotatable bonds is 6. The highest BCUT2D eigenvalue weighted by atomic mass is 35.5. The SMILES string of the molecule is CSCC[C@@H](N)C(=O)N/N=C/C1=Cc2ccccc2OC1.Cl. The average Bonchev–Trinajstić information content (AvgIpc) is 2.52. The van der Waals surface area contributed by atoms with Crippen molar-refractivity contribution in [1.82, 2.24) is 5.43 Å². The van der Waals surface area contributed by atoms with Gasteiger partial charge in [-0.3, -0.25) is 4.79 Å². The van der Waals surface area contributed by atoms with Crippen molar-refractivity contribution in [1.29, 1.82) is 0 Å². The zero-order valence-corrected chi connectivity index (χ0v) is 14.0. The van der Waals surface area contributed by atoms with Crippen molar-refractivity contribution < 1.29 is 9.53 Å². The largest absolute Gasteiger partial charge is 0.488 e. The number of fused-ring (bicyclic) bond motifs is 1. The minimum Gasteiger partial charge on any atom is -0.488 e. The summed E-state index contributed by atoms with van der Waals surface area (Å²) < 4.78 is 5.59. The first-order valence-corrected chi connectivity index (χ1v) is 8.10. The maximum atomic E-state index is 11.7. The molecular weight excluding hydrogens is 322 g/mol. The summed E-state index contributed by atoms with van der Waals surface area (Å²) in [6.07, 6.45) is 6.20. The molecule has 22 heavy (non-hydrogen) atoms. The van der Waals surface area contributed by atoms with Gasteiger partial charge in [0.15, 0.2) is 0 Å². The summed E-state index contributed by atoms with van der Waals surface area (Å²) in [6.45, 7) is 0.439. The molecule has 0 aliphatic carbocycles. The Morgan fingerprint density at radius 2 is 2.32 bits per heavy atom. The summed E-state index contributed by atoms with van der Waals surface area (Å²) in [4.78, 5) is 11.7. The van der Waals surface area contributed by atoms with E-state index in [1.54, 1.807) is 18.0 Å². The van der Waals surface area contributed by atoms with Gasteiger partial charge in [-0.15, -0.1) is 12.4 Å². The molecule has 1 amide bonds. The average molecular weight is 342 g/mol. The van der Waals surface area contributed by atoms with Crippen molar-refractivity contribution >= 4 is 42.4 Å². The first-order valence-electron chi connectivity index (χ1n) is 6.70. The Bertz CT molecular complexity index is 563. The molecule has 120 valence electrons. The van der Waals surface area contributed by atoms with Crippen molar-refractivity contribution in [3.8, 4) is 5.75 Å². The lowest BCUT2D eigenvalue weighted by atomic mass is 10.1. The van der Waals surface area contributed by atoms with Crippen LogP contribution in [0.15, 0.2) is 34.9 Å². The third kappa shape index (κ3) is 5.36. The number of carbonyl (C=O) groups is 1. The van der Waals surface area contributed by atoms with Gasteiger partial charge in [0.2, 0.25) is 0 Å². The molecule has 5 nitrogen and oxygen atoms in total. The van der Waals surface area contributed by atoms with Crippen LogP contribution in [0.1, 0.15) is 12.0 Å². The molecule has 0 radical (unpaired) electrons. The number of para-hydroxylation sites is 1. The summed E-state index contributed by atoms with van der Waals surface area (Å²) in [5.41, 5.74) is 10.1. The number of hydrazone groups is 1. The van der Waals surface area contributed by atoms with Crippen LogP contribution < -0.4 is 15.9 Å². The molecule has 0 spiro atoms. The lowest BCUT2D eigenvalue weighted by Gasteiger charge is -2.15. The third-order valence-electron chi connectivity index (χ3n) is 3.03. The second kappa shape index (κ2) is 9.50. The fraction of sp³-hybridized carbons (Fsp3) is 0.333. The quantitative estimate of drug-likeness (QED) is 0.613. The highest BCUT2D eigenvalue weighted by Gasteiger charge is 2.12. The second-order valence-electron chi connectivity index (χ2n) is 4.67. The van der Waals surface area contributed by atoms with Crippen LogP contribution in [-0.2, 0) is 4.79 Å². The van der Waals surface area contributed by atoms with E-state index < -0.39 is 6.04 Å². The van der Waals surface area contributed by atoms with Gasteiger partial charge in [-0.1, -0.05) is 18.2 Å². The molecule has 1 aliphatic heterocycles. The van der Waals surface area contributed by atoms with Crippen molar-refractivity contribution in [2.75, 3.05) is 18.6 Å². The Morgan fingerprint density at radius 1 is 1.55 bits per heavy atom.